The monoisotopic (exact) mass is 300 g/mol. The smallest absolute Gasteiger partial charge is 0.350 e. The van der Waals surface area contributed by atoms with Gasteiger partial charge in [-0.1, -0.05) is 11.3 Å². The SMILES string of the molecule is CCOC(=O)c1sc(NCCC2(C)OCCO2)nc1C. The van der Waals surface area contributed by atoms with Crippen LogP contribution in [0.5, 0.6) is 0 Å². The van der Waals surface area contributed by atoms with Crippen LogP contribution >= 0.6 is 11.3 Å². The van der Waals surface area contributed by atoms with Crippen LogP contribution in [0.15, 0.2) is 0 Å². The third-order valence-electron chi connectivity index (χ3n) is 3.01. The number of nitrogens with zero attached hydrogens (tertiary/aromatic N) is 1. The molecule has 112 valence electrons. The number of esters is 1. The largest absolute Gasteiger partial charge is 0.462 e. The summed E-state index contributed by atoms with van der Waals surface area (Å²) in [6, 6.07) is 0. The van der Waals surface area contributed by atoms with E-state index >= 15 is 0 Å². The van der Waals surface area contributed by atoms with Crippen molar-refractivity contribution in [2.75, 3.05) is 31.7 Å². The summed E-state index contributed by atoms with van der Waals surface area (Å²) >= 11 is 1.31. The lowest BCUT2D eigenvalue weighted by atomic mass is 10.2. The molecule has 0 amide bonds. The summed E-state index contributed by atoms with van der Waals surface area (Å²) in [6.07, 6.45) is 0.723. The van der Waals surface area contributed by atoms with Crippen LogP contribution in [0.4, 0.5) is 5.13 Å². The van der Waals surface area contributed by atoms with Crippen LogP contribution in [0.25, 0.3) is 0 Å². The van der Waals surface area contributed by atoms with E-state index in [-0.39, 0.29) is 5.97 Å². The Hall–Kier alpha value is -1.18. The Morgan fingerprint density at radius 3 is 2.85 bits per heavy atom. The molecule has 0 bridgehead atoms. The maximum atomic E-state index is 11.7. The van der Waals surface area contributed by atoms with Gasteiger partial charge in [-0.3, -0.25) is 0 Å². The van der Waals surface area contributed by atoms with Crippen molar-refractivity contribution in [3.8, 4) is 0 Å². The van der Waals surface area contributed by atoms with E-state index in [1.165, 1.54) is 11.3 Å². The molecule has 1 fully saturated rings. The van der Waals surface area contributed by atoms with Crippen molar-refractivity contribution in [2.24, 2.45) is 0 Å². The fourth-order valence-corrected chi connectivity index (χ4v) is 2.84. The zero-order valence-corrected chi connectivity index (χ0v) is 12.8. The first-order chi connectivity index (χ1) is 9.54. The lowest BCUT2D eigenvalue weighted by Crippen LogP contribution is -2.28. The number of nitrogens with one attached hydrogen (secondary N) is 1. The van der Waals surface area contributed by atoms with Gasteiger partial charge in [-0.15, -0.1) is 0 Å². The molecule has 1 aliphatic rings. The molecule has 0 spiro atoms. The molecule has 1 aromatic rings. The van der Waals surface area contributed by atoms with Gasteiger partial charge in [0.05, 0.1) is 25.5 Å². The second-order valence-electron chi connectivity index (χ2n) is 4.66. The summed E-state index contributed by atoms with van der Waals surface area (Å²) in [6.45, 7) is 7.84. The Bertz CT molecular complexity index is 469. The molecule has 6 nitrogen and oxygen atoms in total. The van der Waals surface area contributed by atoms with E-state index in [0.717, 1.165) is 6.42 Å². The van der Waals surface area contributed by atoms with Crippen LogP contribution < -0.4 is 5.32 Å². The average Bonchev–Trinajstić information content (AvgIpc) is 2.97. The zero-order valence-electron chi connectivity index (χ0n) is 12.0. The van der Waals surface area contributed by atoms with Crippen molar-refractivity contribution in [3.63, 3.8) is 0 Å². The third-order valence-corrected chi connectivity index (χ3v) is 4.11. The first-order valence-electron chi connectivity index (χ1n) is 6.70. The Labute approximate surface area is 122 Å². The second-order valence-corrected chi connectivity index (χ2v) is 5.66. The lowest BCUT2D eigenvalue weighted by molar-refractivity contribution is -0.144. The highest BCUT2D eigenvalue weighted by molar-refractivity contribution is 7.17. The Balaban J connectivity index is 1.87. The first-order valence-corrected chi connectivity index (χ1v) is 7.52. The van der Waals surface area contributed by atoms with Gasteiger partial charge in [0.1, 0.15) is 4.88 Å². The number of rotatable bonds is 6. The van der Waals surface area contributed by atoms with Gasteiger partial charge in [0.25, 0.3) is 0 Å². The summed E-state index contributed by atoms with van der Waals surface area (Å²) in [5, 5.41) is 3.91. The minimum absolute atomic E-state index is 0.315. The highest BCUT2D eigenvalue weighted by Gasteiger charge is 2.30. The molecule has 1 aliphatic heterocycles. The van der Waals surface area contributed by atoms with Gasteiger partial charge in [0, 0.05) is 13.0 Å². The summed E-state index contributed by atoms with van der Waals surface area (Å²) in [5.41, 5.74) is 0.690. The maximum Gasteiger partial charge on any atom is 0.350 e. The van der Waals surface area contributed by atoms with E-state index < -0.39 is 5.79 Å². The van der Waals surface area contributed by atoms with Crippen molar-refractivity contribution >= 4 is 22.4 Å². The van der Waals surface area contributed by atoms with Crippen molar-refractivity contribution in [1.82, 2.24) is 4.98 Å². The predicted octanol–water partition coefficient (Wildman–Crippen LogP) is 2.19. The molecule has 1 saturated heterocycles. The van der Waals surface area contributed by atoms with Crippen molar-refractivity contribution < 1.29 is 19.0 Å². The van der Waals surface area contributed by atoms with E-state index in [0.29, 0.717) is 42.1 Å². The van der Waals surface area contributed by atoms with E-state index in [2.05, 4.69) is 10.3 Å². The number of anilines is 1. The number of aromatic nitrogens is 1. The molecule has 2 heterocycles. The van der Waals surface area contributed by atoms with Crippen LogP contribution in [-0.4, -0.2) is 43.1 Å². The van der Waals surface area contributed by atoms with Gasteiger partial charge in [0.15, 0.2) is 10.9 Å². The van der Waals surface area contributed by atoms with Crippen LogP contribution in [0.1, 0.15) is 35.6 Å². The topological polar surface area (TPSA) is 69.7 Å². The molecule has 0 aromatic carbocycles. The van der Waals surface area contributed by atoms with Crippen molar-refractivity contribution in [1.29, 1.82) is 0 Å². The lowest BCUT2D eigenvalue weighted by Gasteiger charge is -2.21. The summed E-state index contributed by atoms with van der Waals surface area (Å²) in [4.78, 5) is 16.6. The molecule has 0 saturated carbocycles. The molecule has 2 rings (SSSR count). The average molecular weight is 300 g/mol. The number of hydrogen-bond donors (Lipinski definition) is 1. The number of ether oxygens (including phenoxy) is 3. The number of thiazole rings is 1. The van der Waals surface area contributed by atoms with Crippen LogP contribution in [0, 0.1) is 6.92 Å². The Morgan fingerprint density at radius 1 is 1.50 bits per heavy atom. The first kappa shape index (κ1) is 15.2. The standard InChI is InChI=1S/C13H20N2O4S/c1-4-17-11(16)10-9(2)15-12(20-10)14-6-5-13(3)18-7-8-19-13/h4-8H2,1-3H3,(H,14,15). The van der Waals surface area contributed by atoms with Gasteiger partial charge in [0.2, 0.25) is 0 Å². The predicted molar refractivity (Wildman–Crippen MR) is 76.2 cm³/mol. The van der Waals surface area contributed by atoms with Gasteiger partial charge >= 0.3 is 5.97 Å². The number of carbonyl (C=O) groups excluding carboxylic acids is 1. The normalized spacial score (nSPS) is 17.1. The van der Waals surface area contributed by atoms with Gasteiger partial charge in [-0.05, 0) is 20.8 Å². The minimum atomic E-state index is -0.511. The van der Waals surface area contributed by atoms with Crippen molar-refractivity contribution in [3.05, 3.63) is 10.6 Å². The highest BCUT2D eigenvalue weighted by atomic mass is 32.1. The van der Waals surface area contributed by atoms with Gasteiger partial charge in [-0.25, -0.2) is 9.78 Å². The highest BCUT2D eigenvalue weighted by Crippen LogP contribution is 2.25. The molecule has 1 N–H and O–H groups in total. The molecule has 20 heavy (non-hydrogen) atoms. The molecule has 0 aliphatic carbocycles. The Morgan fingerprint density at radius 2 is 2.20 bits per heavy atom. The molecule has 0 atom stereocenters. The number of hydrogen-bond acceptors (Lipinski definition) is 7. The van der Waals surface area contributed by atoms with Gasteiger partial charge in [-0.2, -0.15) is 0 Å². The van der Waals surface area contributed by atoms with E-state index in [1.54, 1.807) is 13.8 Å². The molecule has 0 radical (unpaired) electrons. The zero-order chi connectivity index (χ0) is 14.6. The van der Waals surface area contributed by atoms with E-state index in [4.69, 9.17) is 14.2 Å². The summed E-state index contributed by atoms with van der Waals surface area (Å²) in [5.74, 6) is -0.825. The minimum Gasteiger partial charge on any atom is -0.462 e. The molecule has 0 unspecified atom stereocenters. The van der Waals surface area contributed by atoms with E-state index in [1.807, 2.05) is 6.92 Å². The van der Waals surface area contributed by atoms with Crippen molar-refractivity contribution in [2.45, 2.75) is 33.0 Å². The molecular weight excluding hydrogens is 280 g/mol. The molecule has 1 aromatic heterocycles. The molecule has 7 heteroatoms. The molecular formula is C13H20N2O4S. The maximum absolute atomic E-state index is 11.7. The fraction of sp³-hybridized carbons (Fsp3) is 0.692. The van der Waals surface area contributed by atoms with Crippen LogP contribution in [-0.2, 0) is 14.2 Å². The van der Waals surface area contributed by atoms with Gasteiger partial charge < -0.3 is 19.5 Å². The fourth-order valence-electron chi connectivity index (χ4n) is 1.96. The summed E-state index contributed by atoms with van der Waals surface area (Å²) < 4.78 is 16.0. The van der Waals surface area contributed by atoms with E-state index in [9.17, 15) is 4.79 Å². The van der Waals surface area contributed by atoms with Crippen LogP contribution in [0.3, 0.4) is 0 Å². The summed E-state index contributed by atoms with van der Waals surface area (Å²) in [7, 11) is 0. The Kier molecular flexibility index (Phi) is 4.95. The van der Waals surface area contributed by atoms with Crippen LogP contribution in [0.2, 0.25) is 0 Å². The third kappa shape index (κ3) is 3.68. The quantitative estimate of drug-likeness (QED) is 0.812. The number of aryl methyl sites for hydroxylation is 1. The second kappa shape index (κ2) is 6.51. The number of carbonyl (C=O) groups is 1.